The molecule has 0 aliphatic rings. The number of aromatic amines is 1. The lowest BCUT2D eigenvalue weighted by Crippen LogP contribution is -2.14. The third-order valence-electron chi connectivity index (χ3n) is 3.37. The first-order chi connectivity index (χ1) is 10.8. The molecule has 0 aliphatic carbocycles. The first-order valence-electron chi connectivity index (χ1n) is 6.86. The summed E-state index contributed by atoms with van der Waals surface area (Å²) in [6, 6.07) is 6.34. The number of carbonyl (C=O) groups is 2. The molecular formula is C16H16F2N2O2S. The molecule has 2 aromatic rings. The highest BCUT2D eigenvalue weighted by atomic mass is 32.2. The summed E-state index contributed by atoms with van der Waals surface area (Å²) in [6.45, 7) is 4.81. The second kappa shape index (κ2) is 6.95. The van der Waals surface area contributed by atoms with E-state index in [1.54, 1.807) is 32.0 Å². The van der Waals surface area contributed by atoms with E-state index in [2.05, 4.69) is 10.3 Å². The Morgan fingerprint density at radius 1 is 1.22 bits per heavy atom. The van der Waals surface area contributed by atoms with Crippen LogP contribution in [0.4, 0.5) is 14.5 Å². The molecule has 2 N–H and O–H groups in total. The van der Waals surface area contributed by atoms with Crippen LogP contribution in [0.1, 0.15) is 39.0 Å². The molecule has 0 bridgehead atoms. The fourth-order valence-electron chi connectivity index (χ4n) is 2.46. The van der Waals surface area contributed by atoms with Crippen molar-refractivity contribution in [1.29, 1.82) is 0 Å². The Bertz CT molecular complexity index is 757. The van der Waals surface area contributed by atoms with Gasteiger partial charge in [0.1, 0.15) is 5.69 Å². The highest BCUT2D eigenvalue weighted by molar-refractivity contribution is 7.99. The minimum absolute atomic E-state index is 0.135. The number of hydrogen-bond donors (Lipinski definition) is 2. The number of para-hydroxylation sites is 1. The molecule has 1 aromatic heterocycles. The third-order valence-corrected chi connectivity index (χ3v) is 4.16. The number of H-pyrrole nitrogens is 1. The van der Waals surface area contributed by atoms with Crippen molar-refractivity contribution in [2.45, 2.75) is 31.4 Å². The highest BCUT2D eigenvalue weighted by Gasteiger charge is 2.20. The van der Waals surface area contributed by atoms with E-state index < -0.39 is 11.7 Å². The van der Waals surface area contributed by atoms with Crippen LogP contribution in [0.5, 0.6) is 0 Å². The molecule has 23 heavy (non-hydrogen) atoms. The minimum Gasteiger partial charge on any atom is -0.354 e. The van der Waals surface area contributed by atoms with Gasteiger partial charge in [-0.25, -0.2) is 0 Å². The number of ketones is 1. The fourth-order valence-corrected chi connectivity index (χ4v) is 3.05. The molecule has 1 heterocycles. The molecule has 1 aromatic carbocycles. The van der Waals surface area contributed by atoms with Gasteiger partial charge in [-0.15, -0.1) is 0 Å². The monoisotopic (exact) mass is 338 g/mol. The van der Waals surface area contributed by atoms with E-state index in [4.69, 9.17) is 0 Å². The van der Waals surface area contributed by atoms with Crippen molar-refractivity contribution in [2.75, 3.05) is 5.32 Å². The molecule has 2 rings (SSSR count). The van der Waals surface area contributed by atoms with Crippen LogP contribution in [0.3, 0.4) is 0 Å². The van der Waals surface area contributed by atoms with Crippen LogP contribution in [-0.2, 0) is 0 Å². The Labute approximate surface area is 136 Å². The molecule has 0 unspecified atom stereocenters. The van der Waals surface area contributed by atoms with Crippen LogP contribution in [0.15, 0.2) is 29.2 Å². The highest BCUT2D eigenvalue weighted by Crippen LogP contribution is 2.32. The number of aromatic nitrogens is 1. The number of nitrogens with one attached hydrogen (secondary N) is 2. The van der Waals surface area contributed by atoms with Gasteiger partial charge in [0.15, 0.2) is 5.78 Å². The number of amides is 1. The average Bonchev–Trinajstić information content (AvgIpc) is 2.75. The Balaban J connectivity index is 2.30. The summed E-state index contributed by atoms with van der Waals surface area (Å²) in [5.41, 5.74) is 2.19. The van der Waals surface area contributed by atoms with Crippen molar-refractivity contribution < 1.29 is 18.4 Å². The number of halogens is 2. The van der Waals surface area contributed by atoms with Crippen LogP contribution in [-0.4, -0.2) is 22.4 Å². The van der Waals surface area contributed by atoms with Gasteiger partial charge < -0.3 is 10.3 Å². The smallest absolute Gasteiger partial charge is 0.288 e. The van der Waals surface area contributed by atoms with E-state index in [0.717, 1.165) is 0 Å². The Morgan fingerprint density at radius 2 is 1.87 bits per heavy atom. The zero-order valence-electron chi connectivity index (χ0n) is 12.9. The SMILES string of the molecule is CC(=O)c1c(C)[nH]c(C(=O)Nc2ccccc2SC(F)F)c1C. The number of alkyl halides is 2. The standard InChI is InChI=1S/C16H16F2N2O2S/c1-8-13(10(3)21)9(2)19-14(8)15(22)20-11-6-4-5-7-12(11)23-16(17)18/h4-7,16,19H,1-3H3,(H,20,22). The summed E-state index contributed by atoms with van der Waals surface area (Å²) >= 11 is 0.367. The summed E-state index contributed by atoms with van der Waals surface area (Å²) in [4.78, 5) is 27.2. The van der Waals surface area contributed by atoms with E-state index in [-0.39, 0.29) is 16.4 Å². The molecular weight excluding hydrogens is 322 g/mol. The van der Waals surface area contributed by atoms with E-state index in [9.17, 15) is 18.4 Å². The maximum atomic E-state index is 12.6. The van der Waals surface area contributed by atoms with Crippen LogP contribution in [0.2, 0.25) is 0 Å². The number of hydrogen-bond acceptors (Lipinski definition) is 3. The molecule has 7 heteroatoms. The fraction of sp³-hybridized carbons (Fsp3) is 0.250. The molecule has 1 amide bonds. The second-order valence-electron chi connectivity index (χ2n) is 5.01. The number of anilines is 1. The average molecular weight is 338 g/mol. The van der Waals surface area contributed by atoms with Crippen LogP contribution >= 0.6 is 11.8 Å². The molecule has 0 spiro atoms. The van der Waals surface area contributed by atoms with Crippen molar-refractivity contribution in [1.82, 2.24) is 4.98 Å². The van der Waals surface area contributed by atoms with Gasteiger partial charge >= 0.3 is 0 Å². The zero-order chi connectivity index (χ0) is 17.1. The lowest BCUT2D eigenvalue weighted by Gasteiger charge is -2.10. The molecule has 4 nitrogen and oxygen atoms in total. The Kier molecular flexibility index (Phi) is 5.20. The van der Waals surface area contributed by atoms with Crippen LogP contribution < -0.4 is 5.32 Å². The lowest BCUT2D eigenvalue weighted by atomic mass is 10.1. The number of thioether (sulfide) groups is 1. The van der Waals surface area contributed by atoms with Gasteiger partial charge in [-0.05, 0) is 38.5 Å². The molecule has 0 radical (unpaired) electrons. The van der Waals surface area contributed by atoms with Crippen molar-refractivity contribution in [3.05, 3.63) is 46.8 Å². The van der Waals surface area contributed by atoms with Crippen LogP contribution in [0, 0.1) is 13.8 Å². The molecule has 0 saturated heterocycles. The van der Waals surface area contributed by atoms with Gasteiger partial charge in [0.2, 0.25) is 0 Å². The van der Waals surface area contributed by atoms with E-state index in [0.29, 0.717) is 34.3 Å². The molecule has 0 saturated carbocycles. The lowest BCUT2D eigenvalue weighted by molar-refractivity contribution is 0.101. The quantitative estimate of drug-likeness (QED) is 0.627. The van der Waals surface area contributed by atoms with Crippen molar-refractivity contribution >= 4 is 29.1 Å². The largest absolute Gasteiger partial charge is 0.354 e. The van der Waals surface area contributed by atoms with Gasteiger partial charge in [-0.2, -0.15) is 8.78 Å². The number of Topliss-reactive ketones (excluding diaryl/α,β-unsaturated/α-hetero) is 1. The Hall–Kier alpha value is -2.15. The maximum absolute atomic E-state index is 12.6. The van der Waals surface area contributed by atoms with Gasteiger partial charge in [0.25, 0.3) is 11.7 Å². The third kappa shape index (κ3) is 3.79. The predicted molar refractivity (Wildman–Crippen MR) is 86.5 cm³/mol. The summed E-state index contributed by atoms with van der Waals surface area (Å²) in [5, 5.41) is 2.62. The van der Waals surface area contributed by atoms with Crippen LogP contribution in [0.25, 0.3) is 0 Å². The summed E-state index contributed by atoms with van der Waals surface area (Å²) < 4.78 is 25.2. The van der Waals surface area contributed by atoms with Gasteiger partial charge in [-0.1, -0.05) is 23.9 Å². The second-order valence-corrected chi connectivity index (χ2v) is 6.04. The number of aryl methyl sites for hydroxylation is 1. The topological polar surface area (TPSA) is 62.0 Å². The summed E-state index contributed by atoms with van der Waals surface area (Å²) in [5.74, 6) is -3.18. The first-order valence-corrected chi connectivity index (χ1v) is 7.74. The van der Waals surface area contributed by atoms with Gasteiger partial charge in [-0.3, -0.25) is 9.59 Å². The first kappa shape index (κ1) is 17.2. The maximum Gasteiger partial charge on any atom is 0.288 e. The van der Waals surface area contributed by atoms with Crippen molar-refractivity contribution in [2.24, 2.45) is 0 Å². The molecule has 0 fully saturated rings. The van der Waals surface area contributed by atoms with Crippen molar-refractivity contribution in [3.63, 3.8) is 0 Å². The Morgan fingerprint density at radius 3 is 2.43 bits per heavy atom. The molecule has 0 aliphatic heterocycles. The van der Waals surface area contributed by atoms with Gasteiger partial charge in [0, 0.05) is 16.2 Å². The summed E-state index contributed by atoms with van der Waals surface area (Å²) in [6.07, 6.45) is 0. The van der Waals surface area contributed by atoms with E-state index in [1.165, 1.54) is 13.0 Å². The summed E-state index contributed by atoms with van der Waals surface area (Å²) in [7, 11) is 0. The normalized spacial score (nSPS) is 10.9. The number of rotatable bonds is 5. The van der Waals surface area contributed by atoms with Gasteiger partial charge in [0.05, 0.1) is 5.69 Å². The molecule has 0 atom stereocenters. The van der Waals surface area contributed by atoms with E-state index >= 15 is 0 Å². The zero-order valence-corrected chi connectivity index (χ0v) is 13.7. The number of benzene rings is 1. The minimum atomic E-state index is -2.58. The predicted octanol–water partition coefficient (Wildman–Crippen LogP) is 4.40. The number of carbonyl (C=O) groups excluding carboxylic acids is 2. The van der Waals surface area contributed by atoms with Crippen molar-refractivity contribution in [3.8, 4) is 0 Å². The molecule has 122 valence electrons. The van der Waals surface area contributed by atoms with E-state index in [1.807, 2.05) is 0 Å².